The van der Waals surface area contributed by atoms with Crippen molar-refractivity contribution in [3.8, 4) is 22.3 Å². The van der Waals surface area contributed by atoms with Gasteiger partial charge in [-0.25, -0.2) is 0 Å². The lowest BCUT2D eigenvalue weighted by atomic mass is 9.93. The Morgan fingerprint density at radius 1 is 0.273 bits per heavy atom. The lowest BCUT2D eigenvalue weighted by Gasteiger charge is -2.43. The fraction of sp³-hybridized carbons (Fsp3) is 0.143. The largest absolute Gasteiger partial charge is 0.290 e. The third-order valence-corrected chi connectivity index (χ3v) is 8.98. The Bertz CT molecular complexity index is 1590. The first kappa shape index (κ1) is 28.0. The molecule has 2 atom stereocenters. The third-order valence-electron chi connectivity index (χ3n) is 8.98. The molecule has 7 rings (SSSR count). The predicted molar refractivity (Wildman–Crippen MR) is 183 cm³/mol. The lowest BCUT2D eigenvalue weighted by Crippen LogP contribution is -2.49. The summed E-state index contributed by atoms with van der Waals surface area (Å²) in [5.41, 5.74) is 10.4. The molecule has 0 saturated carbocycles. The van der Waals surface area contributed by atoms with Gasteiger partial charge in [-0.3, -0.25) is 9.80 Å². The van der Waals surface area contributed by atoms with Gasteiger partial charge in [-0.1, -0.05) is 170 Å². The summed E-state index contributed by atoms with van der Waals surface area (Å²) < 4.78 is 0. The van der Waals surface area contributed by atoms with E-state index in [1.807, 2.05) is 0 Å². The van der Waals surface area contributed by atoms with Crippen molar-refractivity contribution in [1.82, 2.24) is 9.80 Å². The quantitative estimate of drug-likeness (QED) is 0.180. The average molecular weight is 571 g/mol. The van der Waals surface area contributed by atoms with E-state index in [4.69, 9.17) is 0 Å². The molecule has 44 heavy (non-hydrogen) atoms. The molecule has 1 aliphatic rings. The van der Waals surface area contributed by atoms with E-state index in [2.05, 4.69) is 180 Å². The monoisotopic (exact) mass is 570 g/mol. The van der Waals surface area contributed by atoms with E-state index in [1.165, 1.54) is 44.5 Å². The highest BCUT2D eigenvalue weighted by Crippen LogP contribution is 2.35. The minimum atomic E-state index is 0.225. The van der Waals surface area contributed by atoms with E-state index < -0.39 is 0 Å². The minimum Gasteiger partial charge on any atom is -0.290 e. The summed E-state index contributed by atoms with van der Waals surface area (Å²) in [6, 6.07) is 62.2. The van der Waals surface area contributed by atoms with E-state index in [-0.39, 0.29) is 12.1 Å². The third kappa shape index (κ3) is 6.14. The summed E-state index contributed by atoms with van der Waals surface area (Å²) in [5.74, 6) is 0. The van der Waals surface area contributed by atoms with E-state index in [9.17, 15) is 0 Å². The summed E-state index contributed by atoms with van der Waals surface area (Å²) in [6.07, 6.45) is 0. The van der Waals surface area contributed by atoms with Crippen molar-refractivity contribution in [1.29, 1.82) is 0 Å². The summed E-state index contributed by atoms with van der Waals surface area (Å²) in [5, 5.41) is 0. The topological polar surface area (TPSA) is 6.48 Å². The molecule has 0 aromatic heterocycles. The van der Waals surface area contributed by atoms with Crippen LogP contribution < -0.4 is 0 Å². The Kier molecular flexibility index (Phi) is 8.45. The highest BCUT2D eigenvalue weighted by molar-refractivity contribution is 5.64. The van der Waals surface area contributed by atoms with Crippen molar-refractivity contribution in [3.63, 3.8) is 0 Å². The van der Waals surface area contributed by atoms with Crippen LogP contribution in [-0.4, -0.2) is 36.0 Å². The molecular weight excluding hydrogens is 532 g/mol. The minimum absolute atomic E-state index is 0.225. The van der Waals surface area contributed by atoms with Crippen LogP contribution in [0.1, 0.15) is 34.3 Å². The van der Waals surface area contributed by atoms with Crippen LogP contribution in [-0.2, 0) is 0 Å². The maximum absolute atomic E-state index is 2.67. The highest BCUT2D eigenvalue weighted by atomic mass is 15.3. The van der Waals surface area contributed by atoms with Gasteiger partial charge in [0.1, 0.15) is 0 Å². The summed E-state index contributed by atoms with van der Waals surface area (Å²) in [7, 11) is 0. The first-order chi connectivity index (χ1) is 21.8. The molecule has 0 spiro atoms. The number of benzene rings is 6. The van der Waals surface area contributed by atoms with Crippen LogP contribution >= 0.6 is 0 Å². The van der Waals surface area contributed by atoms with Gasteiger partial charge in [-0.15, -0.1) is 0 Å². The standard InChI is InChI=1S/C42H38N2/c1-5-13-33(14-6-1)35-21-25-39(26-22-35)41(37-17-9-3-10-18-37)43-29-31-44(32-30-43)42(38-19-11-4-12-20-38)40-27-23-36(24-28-40)34-15-7-2-8-16-34/h1-28,41-42H,29-32H2. The smallest absolute Gasteiger partial charge is 0.0602 e. The number of rotatable bonds is 8. The van der Waals surface area contributed by atoms with Crippen molar-refractivity contribution in [3.05, 3.63) is 192 Å². The Morgan fingerprint density at radius 3 is 0.841 bits per heavy atom. The fourth-order valence-electron chi connectivity index (χ4n) is 6.73. The predicted octanol–water partition coefficient (Wildman–Crippen LogP) is 9.52. The van der Waals surface area contributed by atoms with Gasteiger partial charge in [0, 0.05) is 26.2 Å². The van der Waals surface area contributed by atoms with Gasteiger partial charge in [-0.2, -0.15) is 0 Å². The van der Waals surface area contributed by atoms with E-state index >= 15 is 0 Å². The molecule has 1 heterocycles. The molecule has 216 valence electrons. The SMILES string of the molecule is c1ccc(-c2ccc(C(c3ccccc3)N3CCN(C(c4ccccc4)c4ccc(-c5ccccc5)cc4)CC3)cc2)cc1. The van der Waals surface area contributed by atoms with Gasteiger partial charge in [0.05, 0.1) is 12.1 Å². The Morgan fingerprint density at radius 2 is 0.523 bits per heavy atom. The Balaban J connectivity index is 1.14. The molecule has 0 bridgehead atoms. The van der Waals surface area contributed by atoms with Crippen LogP contribution in [0.5, 0.6) is 0 Å². The van der Waals surface area contributed by atoms with Crippen LogP contribution in [0, 0.1) is 0 Å². The molecule has 0 N–H and O–H groups in total. The van der Waals surface area contributed by atoms with E-state index in [1.54, 1.807) is 0 Å². The molecule has 0 radical (unpaired) electrons. The molecule has 0 amide bonds. The molecule has 2 unspecified atom stereocenters. The fourth-order valence-corrected chi connectivity index (χ4v) is 6.73. The van der Waals surface area contributed by atoms with Gasteiger partial charge in [0.2, 0.25) is 0 Å². The van der Waals surface area contributed by atoms with Crippen LogP contribution in [0.4, 0.5) is 0 Å². The Hall–Kier alpha value is -4.76. The van der Waals surface area contributed by atoms with Crippen LogP contribution in [0.2, 0.25) is 0 Å². The molecule has 1 saturated heterocycles. The van der Waals surface area contributed by atoms with Crippen molar-refractivity contribution in [2.75, 3.05) is 26.2 Å². The zero-order valence-electron chi connectivity index (χ0n) is 25.0. The van der Waals surface area contributed by atoms with Crippen molar-refractivity contribution in [2.24, 2.45) is 0 Å². The van der Waals surface area contributed by atoms with Crippen LogP contribution in [0.25, 0.3) is 22.3 Å². The van der Waals surface area contributed by atoms with Gasteiger partial charge < -0.3 is 0 Å². The van der Waals surface area contributed by atoms with Crippen molar-refractivity contribution >= 4 is 0 Å². The first-order valence-electron chi connectivity index (χ1n) is 15.7. The zero-order chi connectivity index (χ0) is 29.6. The molecule has 6 aromatic rings. The zero-order valence-corrected chi connectivity index (χ0v) is 25.0. The summed E-state index contributed by atoms with van der Waals surface area (Å²) >= 11 is 0. The van der Waals surface area contributed by atoms with Crippen molar-refractivity contribution in [2.45, 2.75) is 12.1 Å². The number of nitrogens with zero attached hydrogens (tertiary/aromatic N) is 2. The maximum Gasteiger partial charge on any atom is 0.0602 e. The number of hydrogen-bond donors (Lipinski definition) is 0. The molecule has 1 aliphatic heterocycles. The van der Waals surface area contributed by atoms with Gasteiger partial charge in [-0.05, 0) is 44.5 Å². The summed E-state index contributed by atoms with van der Waals surface area (Å²) in [6.45, 7) is 4.02. The Labute approximate surface area is 261 Å². The van der Waals surface area contributed by atoms with Gasteiger partial charge in [0.25, 0.3) is 0 Å². The number of hydrogen-bond acceptors (Lipinski definition) is 2. The second-order valence-electron chi connectivity index (χ2n) is 11.7. The summed E-state index contributed by atoms with van der Waals surface area (Å²) in [4.78, 5) is 5.34. The van der Waals surface area contributed by atoms with E-state index in [0.717, 1.165) is 26.2 Å². The second-order valence-corrected chi connectivity index (χ2v) is 11.7. The second kappa shape index (κ2) is 13.3. The molecule has 1 fully saturated rings. The molecular formula is C42H38N2. The lowest BCUT2D eigenvalue weighted by molar-refractivity contribution is 0.0898. The molecule has 6 aromatic carbocycles. The number of piperazine rings is 1. The van der Waals surface area contributed by atoms with Crippen LogP contribution in [0.3, 0.4) is 0 Å². The molecule has 2 heteroatoms. The van der Waals surface area contributed by atoms with Crippen molar-refractivity contribution < 1.29 is 0 Å². The van der Waals surface area contributed by atoms with E-state index in [0.29, 0.717) is 0 Å². The van der Waals surface area contributed by atoms with Gasteiger partial charge >= 0.3 is 0 Å². The normalized spacial score (nSPS) is 15.5. The maximum atomic E-state index is 2.67. The molecule has 2 nitrogen and oxygen atoms in total. The highest BCUT2D eigenvalue weighted by Gasteiger charge is 2.30. The average Bonchev–Trinajstić information content (AvgIpc) is 3.11. The first-order valence-corrected chi connectivity index (χ1v) is 15.7. The molecule has 0 aliphatic carbocycles. The van der Waals surface area contributed by atoms with Gasteiger partial charge in [0.15, 0.2) is 0 Å². The van der Waals surface area contributed by atoms with Crippen LogP contribution in [0.15, 0.2) is 170 Å².